The number of urea groups is 1. The zero-order valence-corrected chi connectivity index (χ0v) is 41.9. The number of carbonyl (C=O) groups is 7. The lowest BCUT2D eigenvalue weighted by Gasteiger charge is -2.29. The molecule has 2 heterocycles. The van der Waals surface area contributed by atoms with Gasteiger partial charge in [-0.05, 0) is 42.7 Å². The Bertz CT molecular complexity index is 2230. The molecule has 0 saturated carbocycles. The highest BCUT2D eigenvalue weighted by Gasteiger charge is 2.33. The van der Waals surface area contributed by atoms with Crippen molar-refractivity contribution in [2.75, 3.05) is 64.3 Å². The Labute approximate surface area is 415 Å². The minimum absolute atomic E-state index is 0.00117. The molecule has 0 radical (unpaired) electrons. The predicted molar refractivity (Wildman–Crippen MR) is 264 cm³/mol. The van der Waals surface area contributed by atoms with Crippen LogP contribution in [0.1, 0.15) is 85.6 Å². The van der Waals surface area contributed by atoms with Gasteiger partial charge in [0.2, 0.25) is 23.6 Å². The second kappa shape index (κ2) is 29.8. The molecule has 3 unspecified atom stereocenters. The van der Waals surface area contributed by atoms with Crippen LogP contribution in [-0.2, 0) is 60.8 Å². The van der Waals surface area contributed by atoms with Gasteiger partial charge in [-0.3, -0.25) is 28.8 Å². The number of fused-ring (bicyclic) bond motifs is 5. The van der Waals surface area contributed by atoms with Gasteiger partial charge in [-0.1, -0.05) is 89.2 Å². The number of benzene rings is 2. The molecule has 3 atom stereocenters. The van der Waals surface area contributed by atoms with Crippen molar-refractivity contribution in [2.45, 2.75) is 111 Å². The SMILES string of the molecule is CC(C)CC(=O)N1Cc2ccccc2-c2nnn(CCOCCOCCOCCOCCC(=O)NC(CCC(=O)O)C(=O)NC(C(=O)NC(CCCNC(N)=O)C(=O)C(C)C)C(C)C)c2-c2ccccc21. The fourth-order valence-corrected chi connectivity index (χ4v) is 7.79. The number of amides is 6. The number of Topliss-reactive ketones (excluding diaryl/α,β-unsaturated/α-hetero) is 1. The van der Waals surface area contributed by atoms with Gasteiger partial charge in [-0.15, -0.1) is 5.10 Å². The Hall–Kier alpha value is -6.29. The van der Waals surface area contributed by atoms with E-state index in [0.717, 1.165) is 33.8 Å². The number of carbonyl (C=O) groups excluding carboxylic acids is 6. The fraction of sp³-hybridized carbons (Fsp3) is 0.580. The number of carboxylic acid groups (broad SMARTS) is 1. The Kier molecular flexibility index (Phi) is 24.0. The van der Waals surface area contributed by atoms with Crippen LogP contribution in [0.5, 0.6) is 0 Å². The Morgan fingerprint density at radius 2 is 1.34 bits per heavy atom. The molecule has 1 aliphatic rings. The number of hydrogen-bond acceptors (Lipinski definition) is 13. The highest BCUT2D eigenvalue weighted by atomic mass is 16.6. The number of anilines is 1. The number of primary amides is 1. The quantitative estimate of drug-likeness (QED) is 0.0488. The number of carboxylic acids is 1. The molecule has 0 bridgehead atoms. The van der Waals surface area contributed by atoms with Gasteiger partial charge in [-0.25, -0.2) is 9.48 Å². The number of aliphatic carboxylic acids is 1. The van der Waals surface area contributed by atoms with Gasteiger partial charge in [-0.2, -0.15) is 0 Å². The predicted octanol–water partition coefficient (Wildman–Crippen LogP) is 3.61. The molecule has 1 aliphatic heterocycles. The normalized spacial score (nSPS) is 13.3. The summed E-state index contributed by atoms with van der Waals surface area (Å²) in [5.41, 5.74) is 10.3. The van der Waals surface area contributed by atoms with Crippen LogP contribution in [0.3, 0.4) is 0 Å². The first kappa shape index (κ1) is 57.3. The van der Waals surface area contributed by atoms with Crippen LogP contribution in [0.2, 0.25) is 0 Å². The summed E-state index contributed by atoms with van der Waals surface area (Å²) >= 11 is 0. The summed E-state index contributed by atoms with van der Waals surface area (Å²) in [7, 11) is 0. The highest BCUT2D eigenvalue weighted by Crippen LogP contribution is 2.41. The van der Waals surface area contributed by atoms with Gasteiger partial charge in [0.25, 0.3) is 0 Å². The van der Waals surface area contributed by atoms with E-state index in [2.05, 4.69) is 31.6 Å². The van der Waals surface area contributed by atoms with Gasteiger partial charge in [0.1, 0.15) is 17.8 Å². The van der Waals surface area contributed by atoms with Crippen LogP contribution < -0.4 is 31.9 Å². The first-order valence-electron chi connectivity index (χ1n) is 24.4. The van der Waals surface area contributed by atoms with Crippen molar-refractivity contribution in [3.05, 3.63) is 54.1 Å². The van der Waals surface area contributed by atoms with Crippen molar-refractivity contribution in [1.29, 1.82) is 0 Å². The number of nitrogens with one attached hydrogen (secondary N) is 4. The lowest BCUT2D eigenvalue weighted by molar-refractivity contribution is -0.138. The van der Waals surface area contributed by atoms with Crippen LogP contribution in [0.15, 0.2) is 48.5 Å². The molecule has 3 aromatic rings. The third-order valence-corrected chi connectivity index (χ3v) is 11.5. The molecule has 390 valence electrons. The summed E-state index contributed by atoms with van der Waals surface area (Å²) in [6.07, 6.45) is 0.210. The zero-order chi connectivity index (χ0) is 51.9. The number of hydrogen-bond donors (Lipinski definition) is 6. The number of ether oxygens (including phenoxy) is 4. The molecule has 21 nitrogen and oxygen atoms in total. The minimum atomic E-state index is -1.26. The van der Waals surface area contributed by atoms with E-state index in [0.29, 0.717) is 59.0 Å². The van der Waals surface area contributed by atoms with Crippen LogP contribution in [0.4, 0.5) is 10.5 Å². The molecular formula is C50H73N9O12. The summed E-state index contributed by atoms with van der Waals surface area (Å²) in [6, 6.07) is 11.8. The topological polar surface area (TPSA) is 285 Å². The molecule has 2 aromatic carbocycles. The number of ketones is 1. The first-order chi connectivity index (χ1) is 34.0. The third-order valence-electron chi connectivity index (χ3n) is 11.5. The van der Waals surface area contributed by atoms with Crippen LogP contribution in [-0.4, -0.2) is 139 Å². The summed E-state index contributed by atoms with van der Waals surface area (Å²) in [6.45, 7) is 14.0. The number of nitrogens with zero attached hydrogens (tertiary/aromatic N) is 4. The van der Waals surface area contributed by atoms with Gasteiger partial charge < -0.3 is 56.0 Å². The van der Waals surface area contributed by atoms with E-state index in [4.69, 9.17) is 24.7 Å². The zero-order valence-electron chi connectivity index (χ0n) is 41.9. The summed E-state index contributed by atoms with van der Waals surface area (Å²) < 4.78 is 24.5. The van der Waals surface area contributed by atoms with Crippen molar-refractivity contribution in [3.63, 3.8) is 0 Å². The van der Waals surface area contributed by atoms with Gasteiger partial charge in [0.05, 0.1) is 83.4 Å². The second-order valence-electron chi connectivity index (χ2n) is 18.3. The van der Waals surface area contributed by atoms with E-state index in [1.165, 1.54) is 0 Å². The Morgan fingerprint density at radius 1 is 0.718 bits per heavy atom. The van der Waals surface area contributed by atoms with Crippen molar-refractivity contribution < 1.29 is 57.6 Å². The lowest BCUT2D eigenvalue weighted by Crippen LogP contribution is -2.57. The molecule has 0 fully saturated rings. The van der Waals surface area contributed by atoms with Crippen molar-refractivity contribution >= 4 is 47.1 Å². The molecule has 4 rings (SSSR count). The molecule has 6 amide bonds. The van der Waals surface area contributed by atoms with Crippen molar-refractivity contribution in [3.8, 4) is 22.5 Å². The smallest absolute Gasteiger partial charge is 0.312 e. The van der Waals surface area contributed by atoms with E-state index in [9.17, 15) is 38.7 Å². The van der Waals surface area contributed by atoms with E-state index >= 15 is 0 Å². The molecule has 71 heavy (non-hydrogen) atoms. The molecule has 21 heteroatoms. The standard InChI is InChI=1S/C50H73N9O12/c1-32(2)30-42(61)58-31-35-12-7-8-13-36(35)45-46(37-14-9-10-16-40(37)58)59(57-56-45)21-23-69-25-27-71-29-28-70-26-24-68-22-19-41(60)53-39(17-18-43(62)63)48(65)55-44(33(3)4)49(66)54-38(47(64)34(5)6)15-11-20-52-50(51)67/h7-10,12-14,16,32-34,38-39,44H,11,15,17-31H2,1-6H3,(H,53,60)(H,54,66)(H,55,65)(H,62,63)(H3,51,52,67). The second-order valence-corrected chi connectivity index (χ2v) is 18.3. The Balaban J connectivity index is 1.14. The molecule has 0 spiro atoms. The number of para-hydroxylation sites is 1. The van der Waals surface area contributed by atoms with E-state index in [1.807, 2.05) is 72.0 Å². The maximum Gasteiger partial charge on any atom is 0.312 e. The third kappa shape index (κ3) is 18.8. The molecular weight excluding hydrogens is 919 g/mol. The summed E-state index contributed by atoms with van der Waals surface area (Å²) in [5, 5.41) is 28.8. The summed E-state index contributed by atoms with van der Waals surface area (Å²) in [4.78, 5) is 90.5. The molecule has 0 saturated heterocycles. The van der Waals surface area contributed by atoms with Crippen LogP contribution >= 0.6 is 0 Å². The minimum Gasteiger partial charge on any atom is -0.481 e. The van der Waals surface area contributed by atoms with E-state index < -0.39 is 66.1 Å². The first-order valence-corrected chi connectivity index (χ1v) is 24.4. The largest absolute Gasteiger partial charge is 0.481 e. The van der Waals surface area contributed by atoms with Crippen LogP contribution in [0, 0.1) is 17.8 Å². The molecule has 0 aliphatic carbocycles. The van der Waals surface area contributed by atoms with Crippen molar-refractivity contribution in [2.24, 2.45) is 23.5 Å². The summed E-state index contributed by atoms with van der Waals surface area (Å²) in [5.74, 6) is -3.93. The Morgan fingerprint density at radius 3 is 1.96 bits per heavy atom. The average Bonchev–Trinajstić information content (AvgIpc) is 3.73. The van der Waals surface area contributed by atoms with E-state index in [1.54, 1.807) is 27.7 Å². The van der Waals surface area contributed by atoms with Crippen molar-refractivity contribution in [1.82, 2.24) is 36.3 Å². The number of rotatable bonds is 32. The van der Waals surface area contributed by atoms with Crippen LogP contribution in [0.25, 0.3) is 22.5 Å². The average molecular weight is 992 g/mol. The van der Waals surface area contributed by atoms with Gasteiger partial charge in [0.15, 0.2) is 5.78 Å². The molecule has 1 aromatic heterocycles. The molecule has 7 N–H and O–H groups in total. The maximum absolute atomic E-state index is 13.6. The van der Waals surface area contributed by atoms with E-state index in [-0.39, 0.29) is 63.2 Å². The lowest BCUT2D eigenvalue weighted by atomic mass is 9.95. The number of nitrogens with two attached hydrogens (primary N) is 1. The fourth-order valence-electron chi connectivity index (χ4n) is 7.79. The highest BCUT2D eigenvalue weighted by molar-refractivity contribution is 6.00. The monoisotopic (exact) mass is 992 g/mol. The van der Waals surface area contributed by atoms with Gasteiger partial charge >= 0.3 is 12.0 Å². The van der Waals surface area contributed by atoms with Gasteiger partial charge in [0, 0.05) is 42.9 Å². The number of aromatic nitrogens is 3. The maximum atomic E-state index is 13.6.